The molecule has 2 N–H and O–H groups in total. The summed E-state index contributed by atoms with van der Waals surface area (Å²) >= 11 is 0. The maximum absolute atomic E-state index is 5.61. The Balaban J connectivity index is 2.22. The van der Waals surface area contributed by atoms with E-state index in [2.05, 4.69) is 40.9 Å². The van der Waals surface area contributed by atoms with Crippen LogP contribution in [0.4, 0.5) is 0 Å². The second kappa shape index (κ2) is 4.44. The van der Waals surface area contributed by atoms with Gasteiger partial charge in [-0.15, -0.1) is 0 Å². The smallest absolute Gasteiger partial charge is 0.235 e. The Morgan fingerprint density at radius 1 is 1.16 bits per heavy atom. The Bertz CT molecular complexity index is 745. The number of fused-ring (bicyclic) bond motifs is 1. The van der Waals surface area contributed by atoms with E-state index in [1.54, 1.807) is 12.5 Å². The third kappa shape index (κ3) is 1.98. The van der Waals surface area contributed by atoms with Crippen LogP contribution in [0.1, 0.15) is 16.8 Å². The molecule has 2 heterocycles. The van der Waals surface area contributed by atoms with Crippen molar-refractivity contribution in [2.45, 2.75) is 20.4 Å². The molecule has 5 heteroatoms. The summed E-state index contributed by atoms with van der Waals surface area (Å²) in [7, 11) is 0. The fourth-order valence-corrected chi connectivity index (χ4v) is 2.04. The molecule has 0 amide bonds. The maximum atomic E-state index is 5.61. The second-order valence-electron chi connectivity index (χ2n) is 4.59. The highest BCUT2D eigenvalue weighted by atomic mass is 15.2. The molecule has 0 aliphatic heterocycles. The molecule has 0 fully saturated rings. The monoisotopic (exact) mass is 253 g/mol. The van der Waals surface area contributed by atoms with Crippen LogP contribution in [-0.2, 0) is 6.54 Å². The average Bonchev–Trinajstić information content (AvgIpc) is 2.82. The van der Waals surface area contributed by atoms with Gasteiger partial charge < -0.3 is 5.73 Å². The first kappa shape index (κ1) is 11.8. The summed E-state index contributed by atoms with van der Waals surface area (Å²) in [5.74, 6) is 0.605. The van der Waals surface area contributed by atoms with Crippen LogP contribution in [-0.4, -0.2) is 19.5 Å². The van der Waals surface area contributed by atoms with Crippen molar-refractivity contribution in [2.75, 3.05) is 0 Å². The largest absolute Gasteiger partial charge is 0.325 e. The lowest BCUT2D eigenvalue weighted by Gasteiger charge is -2.05. The topological polar surface area (TPSA) is 69.6 Å². The van der Waals surface area contributed by atoms with Crippen molar-refractivity contribution < 1.29 is 0 Å². The molecule has 0 aliphatic carbocycles. The summed E-state index contributed by atoms with van der Waals surface area (Å²) in [6, 6.07) is 6.00. The van der Waals surface area contributed by atoms with Gasteiger partial charge in [0.25, 0.3) is 0 Å². The van der Waals surface area contributed by atoms with Gasteiger partial charge in [0.2, 0.25) is 5.95 Å². The lowest BCUT2D eigenvalue weighted by molar-refractivity contribution is 0.889. The van der Waals surface area contributed by atoms with E-state index in [1.165, 1.54) is 11.1 Å². The molecule has 0 spiro atoms. The molecule has 0 aliphatic rings. The molecular weight excluding hydrogens is 238 g/mol. The standard InChI is InChI=1S/C14H15N5/c1-9-5-12-13(6-10(9)2)19(8-17-12)14-16-4-3-11(7-15)18-14/h3-6,8H,7,15H2,1-2H3. The van der Waals surface area contributed by atoms with Gasteiger partial charge in [0, 0.05) is 12.7 Å². The molecule has 2 aromatic heterocycles. The van der Waals surface area contributed by atoms with Crippen LogP contribution < -0.4 is 5.73 Å². The Morgan fingerprint density at radius 3 is 2.74 bits per heavy atom. The number of hydrogen-bond donors (Lipinski definition) is 1. The molecule has 0 bridgehead atoms. The minimum Gasteiger partial charge on any atom is -0.325 e. The van der Waals surface area contributed by atoms with Crippen molar-refractivity contribution in [3.8, 4) is 5.95 Å². The van der Waals surface area contributed by atoms with Crippen molar-refractivity contribution in [2.24, 2.45) is 5.73 Å². The first-order valence-electron chi connectivity index (χ1n) is 6.15. The summed E-state index contributed by atoms with van der Waals surface area (Å²) in [4.78, 5) is 13.1. The molecule has 5 nitrogen and oxygen atoms in total. The predicted molar refractivity (Wildman–Crippen MR) is 74.0 cm³/mol. The summed E-state index contributed by atoms with van der Waals surface area (Å²) in [6.07, 6.45) is 3.47. The fraction of sp³-hybridized carbons (Fsp3) is 0.214. The zero-order valence-electron chi connectivity index (χ0n) is 11.0. The molecule has 19 heavy (non-hydrogen) atoms. The van der Waals surface area contributed by atoms with Gasteiger partial charge in [-0.2, -0.15) is 0 Å². The lowest BCUT2D eigenvalue weighted by Crippen LogP contribution is -2.05. The molecule has 96 valence electrons. The van der Waals surface area contributed by atoms with Crippen LogP contribution in [0.2, 0.25) is 0 Å². The fourth-order valence-electron chi connectivity index (χ4n) is 2.04. The summed E-state index contributed by atoms with van der Waals surface area (Å²) in [6.45, 7) is 4.57. The number of aryl methyl sites for hydroxylation is 2. The van der Waals surface area contributed by atoms with E-state index in [1.807, 2.05) is 10.6 Å². The molecule has 1 aromatic carbocycles. The van der Waals surface area contributed by atoms with Crippen molar-refractivity contribution in [3.05, 3.63) is 47.5 Å². The lowest BCUT2D eigenvalue weighted by atomic mass is 10.1. The summed E-state index contributed by atoms with van der Waals surface area (Å²) in [5, 5.41) is 0. The van der Waals surface area contributed by atoms with Crippen LogP contribution in [0.3, 0.4) is 0 Å². The van der Waals surface area contributed by atoms with Gasteiger partial charge >= 0.3 is 0 Å². The first-order valence-corrected chi connectivity index (χ1v) is 6.15. The van der Waals surface area contributed by atoms with Crippen molar-refractivity contribution in [1.82, 2.24) is 19.5 Å². The van der Waals surface area contributed by atoms with Crippen molar-refractivity contribution in [1.29, 1.82) is 0 Å². The number of imidazole rings is 1. The highest BCUT2D eigenvalue weighted by Crippen LogP contribution is 2.20. The minimum absolute atomic E-state index is 0.403. The molecule has 3 rings (SSSR count). The van der Waals surface area contributed by atoms with Crippen molar-refractivity contribution >= 4 is 11.0 Å². The molecule has 3 aromatic rings. The van der Waals surface area contributed by atoms with E-state index in [0.717, 1.165) is 16.7 Å². The number of nitrogens with two attached hydrogens (primary N) is 1. The molecular formula is C14H15N5. The van der Waals surface area contributed by atoms with Gasteiger partial charge in [-0.25, -0.2) is 15.0 Å². The van der Waals surface area contributed by atoms with Gasteiger partial charge in [-0.3, -0.25) is 4.57 Å². The third-order valence-electron chi connectivity index (χ3n) is 3.29. The van der Waals surface area contributed by atoms with E-state index in [4.69, 9.17) is 5.73 Å². The van der Waals surface area contributed by atoms with Gasteiger partial charge in [0.05, 0.1) is 16.7 Å². The number of hydrogen-bond acceptors (Lipinski definition) is 4. The molecule has 0 saturated carbocycles. The van der Waals surface area contributed by atoms with Crippen LogP contribution >= 0.6 is 0 Å². The Morgan fingerprint density at radius 2 is 1.95 bits per heavy atom. The van der Waals surface area contributed by atoms with Crippen molar-refractivity contribution in [3.63, 3.8) is 0 Å². The molecule has 0 saturated heterocycles. The average molecular weight is 253 g/mol. The summed E-state index contributed by atoms with van der Waals surface area (Å²) < 4.78 is 1.89. The SMILES string of the molecule is Cc1cc2ncn(-c3nccc(CN)n3)c2cc1C. The molecule has 0 radical (unpaired) electrons. The van der Waals surface area contributed by atoms with Gasteiger partial charge in [-0.1, -0.05) is 0 Å². The van der Waals surface area contributed by atoms with Gasteiger partial charge in [0.1, 0.15) is 6.33 Å². The van der Waals surface area contributed by atoms with E-state index < -0.39 is 0 Å². The van der Waals surface area contributed by atoms with E-state index in [0.29, 0.717) is 12.5 Å². The van der Waals surface area contributed by atoms with Crippen LogP contribution in [0.5, 0.6) is 0 Å². The highest BCUT2D eigenvalue weighted by Gasteiger charge is 2.08. The zero-order valence-corrected chi connectivity index (χ0v) is 11.0. The van der Waals surface area contributed by atoms with E-state index >= 15 is 0 Å². The van der Waals surface area contributed by atoms with E-state index in [9.17, 15) is 0 Å². The van der Waals surface area contributed by atoms with Gasteiger partial charge in [-0.05, 0) is 43.2 Å². The number of aromatic nitrogens is 4. The normalized spacial score (nSPS) is 11.1. The molecule has 0 unspecified atom stereocenters. The van der Waals surface area contributed by atoms with Crippen LogP contribution in [0.15, 0.2) is 30.7 Å². The quantitative estimate of drug-likeness (QED) is 0.757. The Labute approximate surface area is 111 Å². The summed E-state index contributed by atoms with van der Waals surface area (Å²) in [5.41, 5.74) is 10.8. The number of benzene rings is 1. The first-order chi connectivity index (χ1) is 9.19. The van der Waals surface area contributed by atoms with Crippen LogP contribution in [0.25, 0.3) is 17.0 Å². The van der Waals surface area contributed by atoms with E-state index in [-0.39, 0.29) is 0 Å². The van der Waals surface area contributed by atoms with Crippen LogP contribution in [0, 0.1) is 13.8 Å². The Hall–Kier alpha value is -2.27. The third-order valence-corrected chi connectivity index (χ3v) is 3.29. The number of rotatable bonds is 2. The van der Waals surface area contributed by atoms with Gasteiger partial charge in [0.15, 0.2) is 0 Å². The highest BCUT2D eigenvalue weighted by molar-refractivity contribution is 5.78. The molecule has 0 atom stereocenters. The maximum Gasteiger partial charge on any atom is 0.235 e. The zero-order chi connectivity index (χ0) is 13.4. The Kier molecular flexibility index (Phi) is 2.76. The second-order valence-corrected chi connectivity index (χ2v) is 4.59. The number of nitrogens with zero attached hydrogens (tertiary/aromatic N) is 4. The predicted octanol–water partition coefficient (Wildman–Crippen LogP) is 1.89. The minimum atomic E-state index is 0.403.